The van der Waals surface area contributed by atoms with Gasteiger partial charge in [0.25, 0.3) is 0 Å². The van der Waals surface area contributed by atoms with Gasteiger partial charge in [0.05, 0.1) is 7.11 Å². The van der Waals surface area contributed by atoms with Crippen molar-refractivity contribution in [1.29, 1.82) is 0 Å². The molecule has 0 radical (unpaired) electrons. The van der Waals surface area contributed by atoms with Crippen molar-refractivity contribution in [3.63, 3.8) is 0 Å². The maximum Gasteiger partial charge on any atom is 0.149 e. The number of nitrogens with two attached hydrogens (primary N) is 1. The zero-order valence-corrected chi connectivity index (χ0v) is 7.28. The monoisotopic (exact) mass is 178 g/mol. The number of fused-ring (bicyclic) bond motifs is 1. The van der Waals surface area contributed by atoms with E-state index in [2.05, 4.69) is 4.99 Å². The van der Waals surface area contributed by atoms with Crippen molar-refractivity contribution in [2.45, 2.75) is 0 Å². The predicted molar refractivity (Wildman–Crippen MR) is 49.8 cm³/mol. The van der Waals surface area contributed by atoms with Gasteiger partial charge in [0.15, 0.2) is 0 Å². The van der Waals surface area contributed by atoms with E-state index in [1.807, 2.05) is 18.2 Å². The number of ether oxygens (including phenoxy) is 2. The van der Waals surface area contributed by atoms with Crippen LogP contribution in [0.4, 0.5) is 5.69 Å². The Morgan fingerprint density at radius 3 is 3.15 bits per heavy atom. The van der Waals surface area contributed by atoms with Crippen LogP contribution < -0.4 is 15.2 Å². The number of benzene rings is 1. The first-order valence-electron chi connectivity index (χ1n) is 3.94. The molecule has 0 saturated heterocycles. The number of amidine groups is 1. The molecule has 4 nitrogen and oxygen atoms in total. The molecule has 68 valence electrons. The summed E-state index contributed by atoms with van der Waals surface area (Å²) in [7, 11) is 1.59. The van der Waals surface area contributed by atoms with Gasteiger partial charge < -0.3 is 15.2 Å². The van der Waals surface area contributed by atoms with Crippen molar-refractivity contribution in [3.05, 3.63) is 18.2 Å². The lowest BCUT2D eigenvalue weighted by Gasteiger charge is -2.16. The zero-order valence-electron chi connectivity index (χ0n) is 7.28. The second-order valence-electron chi connectivity index (χ2n) is 2.70. The van der Waals surface area contributed by atoms with E-state index in [1.54, 1.807) is 7.11 Å². The fourth-order valence-corrected chi connectivity index (χ4v) is 1.22. The summed E-state index contributed by atoms with van der Waals surface area (Å²) in [4.78, 5) is 4.16. The van der Waals surface area contributed by atoms with E-state index in [-0.39, 0.29) is 0 Å². The standard InChI is InChI=1S/C9H10N2O2/c1-12-6-3-2-4-7-9(6)11-8(10)5-13-7/h2-4H,5H2,1H3,(H2,10,11). The predicted octanol–water partition coefficient (Wildman–Crippen LogP) is 1.08. The highest BCUT2D eigenvalue weighted by atomic mass is 16.5. The molecule has 1 aliphatic heterocycles. The average molecular weight is 178 g/mol. The highest BCUT2D eigenvalue weighted by Gasteiger charge is 2.14. The Morgan fingerprint density at radius 1 is 1.54 bits per heavy atom. The fourth-order valence-electron chi connectivity index (χ4n) is 1.22. The van der Waals surface area contributed by atoms with Gasteiger partial charge in [0.1, 0.15) is 29.6 Å². The Labute approximate surface area is 76.0 Å². The zero-order chi connectivity index (χ0) is 9.26. The van der Waals surface area contributed by atoms with Crippen molar-refractivity contribution in [1.82, 2.24) is 0 Å². The van der Waals surface area contributed by atoms with Gasteiger partial charge >= 0.3 is 0 Å². The van der Waals surface area contributed by atoms with Crippen LogP contribution in [0.3, 0.4) is 0 Å². The van der Waals surface area contributed by atoms with Crippen molar-refractivity contribution < 1.29 is 9.47 Å². The van der Waals surface area contributed by atoms with Gasteiger partial charge in [-0.25, -0.2) is 4.99 Å². The smallest absolute Gasteiger partial charge is 0.149 e. The van der Waals surface area contributed by atoms with E-state index in [0.717, 1.165) is 0 Å². The van der Waals surface area contributed by atoms with Gasteiger partial charge in [0.2, 0.25) is 0 Å². The number of aliphatic imine (C=N–C) groups is 1. The second-order valence-corrected chi connectivity index (χ2v) is 2.70. The molecular formula is C9H10N2O2. The molecule has 0 bridgehead atoms. The molecule has 0 unspecified atom stereocenters. The molecule has 0 saturated carbocycles. The number of methoxy groups -OCH3 is 1. The van der Waals surface area contributed by atoms with Crippen molar-refractivity contribution in [3.8, 4) is 11.5 Å². The van der Waals surface area contributed by atoms with Crippen LogP contribution in [-0.4, -0.2) is 19.6 Å². The maximum absolute atomic E-state index is 5.54. The number of para-hydroxylation sites is 1. The molecule has 4 heteroatoms. The second kappa shape index (κ2) is 2.97. The Kier molecular flexibility index (Phi) is 1.81. The molecule has 0 spiro atoms. The van der Waals surface area contributed by atoms with E-state index in [9.17, 15) is 0 Å². The van der Waals surface area contributed by atoms with E-state index in [0.29, 0.717) is 29.6 Å². The van der Waals surface area contributed by atoms with Crippen LogP contribution in [0.1, 0.15) is 0 Å². The number of rotatable bonds is 1. The van der Waals surface area contributed by atoms with Gasteiger partial charge in [0, 0.05) is 0 Å². The number of hydrogen-bond acceptors (Lipinski definition) is 4. The third kappa shape index (κ3) is 1.30. The number of hydrogen-bond donors (Lipinski definition) is 1. The molecule has 0 aromatic heterocycles. The summed E-state index contributed by atoms with van der Waals surface area (Å²) >= 11 is 0. The minimum absolute atomic E-state index is 0.347. The summed E-state index contributed by atoms with van der Waals surface area (Å²) < 4.78 is 10.5. The largest absolute Gasteiger partial charge is 0.494 e. The van der Waals surface area contributed by atoms with Crippen LogP contribution >= 0.6 is 0 Å². The normalized spacial score (nSPS) is 14.1. The van der Waals surface area contributed by atoms with E-state index in [4.69, 9.17) is 15.2 Å². The van der Waals surface area contributed by atoms with Gasteiger partial charge in [-0.15, -0.1) is 0 Å². The number of nitrogens with zero attached hydrogens (tertiary/aromatic N) is 1. The highest BCUT2D eigenvalue weighted by molar-refractivity contribution is 5.88. The van der Waals surface area contributed by atoms with E-state index in [1.165, 1.54) is 0 Å². The molecule has 1 aromatic rings. The van der Waals surface area contributed by atoms with Crippen LogP contribution in [-0.2, 0) is 0 Å². The van der Waals surface area contributed by atoms with Gasteiger partial charge in [-0.05, 0) is 12.1 Å². The maximum atomic E-state index is 5.54. The first-order valence-corrected chi connectivity index (χ1v) is 3.94. The Bertz CT molecular complexity index is 361. The van der Waals surface area contributed by atoms with Crippen molar-refractivity contribution >= 4 is 11.5 Å². The molecular weight excluding hydrogens is 168 g/mol. The quantitative estimate of drug-likeness (QED) is 0.700. The van der Waals surface area contributed by atoms with Crippen molar-refractivity contribution in [2.75, 3.05) is 13.7 Å². The molecule has 13 heavy (non-hydrogen) atoms. The SMILES string of the molecule is COc1cccc2c1N=C(N)CO2. The molecule has 0 fully saturated rings. The molecule has 2 N–H and O–H groups in total. The van der Waals surface area contributed by atoms with E-state index < -0.39 is 0 Å². The Morgan fingerprint density at radius 2 is 2.38 bits per heavy atom. The van der Waals surface area contributed by atoms with Gasteiger partial charge in [-0.2, -0.15) is 0 Å². The van der Waals surface area contributed by atoms with Crippen LogP contribution in [0.25, 0.3) is 0 Å². The van der Waals surface area contributed by atoms with Gasteiger partial charge in [-0.3, -0.25) is 0 Å². The van der Waals surface area contributed by atoms with Crippen LogP contribution in [0.15, 0.2) is 23.2 Å². The topological polar surface area (TPSA) is 56.8 Å². The summed E-state index contributed by atoms with van der Waals surface area (Å²) in [6, 6.07) is 5.52. The lowest BCUT2D eigenvalue weighted by molar-refractivity contribution is 0.363. The van der Waals surface area contributed by atoms with Crippen LogP contribution in [0.5, 0.6) is 11.5 Å². The summed E-state index contributed by atoms with van der Waals surface area (Å²) in [5, 5.41) is 0. The first-order chi connectivity index (χ1) is 6.31. The molecule has 0 atom stereocenters. The molecule has 1 heterocycles. The summed E-state index contributed by atoms with van der Waals surface area (Å²) in [6.45, 7) is 0.347. The Balaban J connectivity index is 2.55. The Hall–Kier alpha value is -1.71. The lowest BCUT2D eigenvalue weighted by Crippen LogP contribution is -2.23. The summed E-state index contributed by atoms with van der Waals surface area (Å²) in [5.74, 6) is 1.87. The third-order valence-electron chi connectivity index (χ3n) is 1.81. The summed E-state index contributed by atoms with van der Waals surface area (Å²) in [5.41, 5.74) is 6.22. The highest BCUT2D eigenvalue weighted by Crippen LogP contribution is 2.38. The van der Waals surface area contributed by atoms with Crippen molar-refractivity contribution in [2.24, 2.45) is 10.7 Å². The van der Waals surface area contributed by atoms with Crippen LogP contribution in [0.2, 0.25) is 0 Å². The average Bonchev–Trinajstić information content (AvgIpc) is 2.17. The third-order valence-corrected chi connectivity index (χ3v) is 1.81. The van der Waals surface area contributed by atoms with Gasteiger partial charge in [-0.1, -0.05) is 6.07 Å². The molecule has 1 aromatic carbocycles. The van der Waals surface area contributed by atoms with E-state index >= 15 is 0 Å². The molecule has 1 aliphatic rings. The molecule has 2 rings (SSSR count). The minimum Gasteiger partial charge on any atom is -0.494 e. The molecule has 0 aliphatic carbocycles. The summed E-state index contributed by atoms with van der Waals surface area (Å²) in [6.07, 6.45) is 0. The van der Waals surface area contributed by atoms with Crippen LogP contribution in [0, 0.1) is 0 Å². The first kappa shape index (κ1) is 7.91. The fraction of sp³-hybridized carbons (Fsp3) is 0.222. The minimum atomic E-state index is 0.347. The molecule has 0 amide bonds. The lowest BCUT2D eigenvalue weighted by atomic mass is 10.2.